The fraction of sp³-hybridized carbons (Fsp3) is 0.375. The third-order valence-corrected chi connectivity index (χ3v) is 5.05. The largest absolute Gasteiger partial charge is 0.495 e. The van der Waals surface area contributed by atoms with Crippen LogP contribution in [0, 0.1) is 0 Å². The average Bonchev–Trinajstić information content (AvgIpc) is 3.05. The Bertz CT molecular complexity index is 700. The van der Waals surface area contributed by atoms with E-state index in [9.17, 15) is 4.79 Å². The summed E-state index contributed by atoms with van der Waals surface area (Å²) in [5.74, 6) is -0.217. The molecule has 1 N–H and O–H groups in total. The molecule has 1 aromatic carbocycles. The van der Waals surface area contributed by atoms with Crippen LogP contribution < -0.4 is 10.8 Å². The van der Waals surface area contributed by atoms with Crippen LogP contribution in [0.25, 0.3) is 0 Å². The number of carbonyl (C=O) groups excluding carboxylic acids is 1. The predicted molar refractivity (Wildman–Crippen MR) is 92.2 cm³/mol. The first-order valence-electron chi connectivity index (χ1n) is 7.45. The quantitative estimate of drug-likeness (QED) is 0.879. The molecular weight excluding hydrogens is 311 g/mol. The SMILES string of the molecule is CC1(C)OB(c2ccccc2C(=O)Nc2nccs2)OC1(C)C. The zero-order valence-electron chi connectivity index (χ0n) is 13.6. The minimum Gasteiger partial charge on any atom is -0.399 e. The van der Waals surface area contributed by atoms with Crippen molar-refractivity contribution >= 4 is 35.0 Å². The topological polar surface area (TPSA) is 60.5 Å². The number of nitrogens with one attached hydrogen (secondary N) is 1. The van der Waals surface area contributed by atoms with Gasteiger partial charge in [0.05, 0.1) is 11.2 Å². The van der Waals surface area contributed by atoms with Crippen molar-refractivity contribution in [1.29, 1.82) is 0 Å². The van der Waals surface area contributed by atoms with Crippen LogP contribution in [0.4, 0.5) is 5.13 Å². The molecule has 5 nitrogen and oxygen atoms in total. The van der Waals surface area contributed by atoms with Crippen molar-refractivity contribution in [3.05, 3.63) is 41.4 Å². The van der Waals surface area contributed by atoms with Crippen molar-refractivity contribution in [3.8, 4) is 0 Å². The summed E-state index contributed by atoms with van der Waals surface area (Å²) >= 11 is 1.38. The van der Waals surface area contributed by atoms with Gasteiger partial charge in [-0.3, -0.25) is 10.1 Å². The molecule has 0 saturated carbocycles. The highest BCUT2D eigenvalue weighted by atomic mass is 32.1. The second-order valence-corrected chi connectivity index (χ2v) is 7.36. The molecule has 0 aliphatic carbocycles. The van der Waals surface area contributed by atoms with Crippen LogP contribution in [-0.4, -0.2) is 29.2 Å². The minimum atomic E-state index is -0.571. The van der Waals surface area contributed by atoms with Gasteiger partial charge in [-0.15, -0.1) is 11.3 Å². The fourth-order valence-electron chi connectivity index (χ4n) is 2.33. The van der Waals surface area contributed by atoms with Crippen LogP contribution in [-0.2, 0) is 9.31 Å². The number of rotatable bonds is 3. The molecule has 1 aromatic heterocycles. The van der Waals surface area contributed by atoms with Crippen molar-refractivity contribution < 1.29 is 14.1 Å². The summed E-state index contributed by atoms with van der Waals surface area (Å²) in [4.78, 5) is 16.6. The molecule has 1 aliphatic heterocycles. The Hall–Kier alpha value is -1.70. The van der Waals surface area contributed by atoms with Crippen molar-refractivity contribution in [2.75, 3.05) is 5.32 Å². The number of nitrogens with zero attached hydrogens (tertiary/aromatic N) is 1. The minimum absolute atomic E-state index is 0.217. The van der Waals surface area contributed by atoms with Crippen molar-refractivity contribution in [3.63, 3.8) is 0 Å². The van der Waals surface area contributed by atoms with E-state index < -0.39 is 18.3 Å². The predicted octanol–water partition coefficient (Wildman–Crippen LogP) is 2.69. The highest BCUT2D eigenvalue weighted by Gasteiger charge is 2.52. The van der Waals surface area contributed by atoms with Crippen molar-refractivity contribution in [2.45, 2.75) is 38.9 Å². The number of thiazole rings is 1. The molecule has 0 unspecified atom stereocenters. The molecule has 2 heterocycles. The van der Waals surface area contributed by atoms with Gasteiger partial charge in [-0.25, -0.2) is 4.98 Å². The molecule has 120 valence electrons. The molecule has 1 aliphatic rings. The average molecular weight is 330 g/mol. The zero-order valence-corrected chi connectivity index (χ0v) is 14.4. The molecule has 0 atom stereocenters. The van der Waals surface area contributed by atoms with E-state index in [1.54, 1.807) is 12.3 Å². The molecule has 2 aromatic rings. The number of anilines is 1. The van der Waals surface area contributed by atoms with Gasteiger partial charge in [0.15, 0.2) is 5.13 Å². The lowest BCUT2D eigenvalue weighted by atomic mass is 9.75. The van der Waals surface area contributed by atoms with Gasteiger partial charge < -0.3 is 9.31 Å². The van der Waals surface area contributed by atoms with Gasteiger partial charge in [-0.2, -0.15) is 0 Å². The zero-order chi connectivity index (χ0) is 16.7. The molecule has 23 heavy (non-hydrogen) atoms. The van der Waals surface area contributed by atoms with Crippen LogP contribution in [0.2, 0.25) is 0 Å². The standard InChI is InChI=1S/C16H19BN2O3S/c1-15(2)16(3,4)22-17(21-15)12-8-6-5-7-11(12)13(20)19-14-18-9-10-23-14/h5-10H,1-4H3,(H,18,19,20). The Morgan fingerprint density at radius 1 is 1.17 bits per heavy atom. The van der Waals surface area contributed by atoms with E-state index in [1.807, 2.05) is 51.3 Å². The third kappa shape index (κ3) is 3.04. The van der Waals surface area contributed by atoms with Gasteiger partial charge in [0, 0.05) is 17.1 Å². The number of benzene rings is 1. The third-order valence-electron chi connectivity index (χ3n) is 4.37. The molecule has 0 bridgehead atoms. The highest BCUT2D eigenvalue weighted by Crippen LogP contribution is 2.36. The van der Waals surface area contributed by atoms with Crippen LogP contribution in [0.1, 0.15) is 38.1 Å². The Labute approximate surface area is 140 Å². The van der Waals surface area contributed by atoms with E-state index in [1.165, 1.54) is 11.3 Å². The van der Waals surface area contributed by atoms with E-state index in [4.69, 9.17) is 9.31 Å². The van der Waals surface area contributed by atoms with Gasteiger partial charge in [0.25, 0.3) is 5.91 Å². The summed E-state index contributed by atoms with van der Waals surface area (Å²) in [6.45, 7) is 7.97. The molecule has 1 fully saturated rings. The summed E-state index contributed by atoms with van der Waals surface area (Å²) in [5, 5.41) is 5.18. The highest BCUT2D eigenvalue weighted by molar-refractivity contribution is 7.13. The number of carbonyl (C=O) groups is 1. The van der Waals surface area contributed by atoms with E-state index in [2.05, 4.69) is 10.3 Å². The molecule has 0 radical (unpaired) electrons. The lowest BCUT2D eigenvalue weighted by molar-refractivity contribution is 0.00578. The molecule has 1 amide bonds. The Kier molecular flexibility index (Phi) is 4.04. The number of hydrogen-bond donors (Lipinski definition) is 1. The maximum absolute atomic E-state index is 12.6. The maximum atomic E-state index is 12.6. The molecule has 7 heteroatoms. The normalized spacial score (nSPS) is 18.9. The summed E-state index contributed by atoms with van der Waals surface area (Å²) in [6, 6.07) is 7.33. The first-order valence-corrected chi connectivity index (χ1v) is 8.33. The first kappa shape index (κ1) is 16.2. The van der Waals surface area contributed by atoms with Gasteiger partial charge in [-0.1, -0.05) is 18.2 Å². The van der Waals surface area contributed by atoms with Crippen LogP contribution in [0.15, 0.2) is 35.8 Å². The van der Waals surface area contributed by atoms with E-state index in [0.717, 1.165) is 5.46 Å². The second kappa shape index (κ2) is 5.74. The van der Waals surface area contributed by atoms with Crippen LogP contribution >= 0.6 is 11.3 Å². The smallest absolute Gasteiger partial charge is 0.399 e. The van der Waals surface area contributed by atoms with Gasteiger partial charge in [0.2, 0.25) is 0 Å². The fourth-order valence-corrected chi connectivity index (χ4v) is 2.85. The monoisotopic (exact) mass is 330 g/mol. The van der Waals surface area contributed by atoms with Crippen molar-refractivity contribution in [2.24, 2.45) is 0 Å². The number of hydrogen-bond acceptors (Lipinski definition) is 5. The summed E-state index contributed by atoms with van der Waals surface area (Å²) < 4.78 is 12.1. The van der Waals surface area contributed by atoms with Gasteiger partial charge in [0.1, 0.15) is 0 Å². The Morgan fingerprint density at radius 3 is 2.43 bits per heavy atom. The summed E-state index contributed by atoms with van der Waals surface area (Å²) in [7, 11) is -0.571. The van der Waals surface area contributed by atoms with E-state index in [-0.39, 0.29) is 5.91 Å². The second-order valence-electron chi connectivity index (χ2n) is 6.47. The summed E-state index contributed by atoms with van der Waals surface area (Å²) in [5.41, 5.74) is 0.356. The van der Waals surface area contributed by atoms with Crippen LogP contribution in [0.5, 0.6) is 0 Å². The number of amides is 1. The molecule has 3 rings (SSSR count). The van der Waals surface area contributed by atoms with E-state index in [0.29, 0.717) is 10.7 Å². The lowest BCUT2D eigenvalue weighted by Gasteiger charge is -2.32. The molecule has 1 saturated heterocycles. The van der Waals surface area contributed by atoms with E-state index >= 15 is 0 Å². The number of aromatic nitrogens is 1. The maximum Gasteiger partial charge on any atom is 0.495 e. The van der Waals surface area contributed by atoms with Crippen molar-refractivity contribution in [1.82, 2.24) is 4.98 Å². The molecular formula is C16H19BN2O3S. The lowest BCUT2D eigenvalue weighted by Crippen LogP contribution is -2.41. The summed E-state index contributed by atoms with van der Waals surface area (Å²) in [6.07, 6.45) is 1.65. The Morgan fingerprint density at radius 2 is 1.83 bits per heavy atom. The van der Waals surface area contributed by atoms with Gasteiger partial charge in [-0.05, 0) is 39.2 Å². The Balaban J connectivity index is 1.89. The van der Waals surface area contributed by atoms with Gasteiger partial charge >= 0.3 is 7.12 Å². The molecule has 0 spiro atoms. The van der Waals surface area contributed by atoms with Crippen LogP contribution in [0.3, 0.4) is 0 Å². The first-order chi connectivity index (χ1) is 10.8.